The first kappa shape index (κ1) is 12.3. The fraction of sp³-hybridized carbons (Fsp3) is 0.0714. The number of benzene rings is 2. The van der Waals surface area contributed by atoms with Gasteiger partial charge in [-0.05, 0) is 48.0 Å². The highest BCUT2D eigenvalue weighted by molar-refractivity contribution is 6.10. The summed E-state index contributed by atoms with van der Waals surface area (Å²) in [5.74, 6) is -0.662. The summed E-state index contributed by atoms with van der Waals surface area (Å²) in [5, 5.41) is 9.22. The summed E-state index contributed by atoms with van der Waals surface area (Å²) in [7, 11) is 0. The number of nitrogens with two attached hydrogens (primary N) is 1. The summed E-state index contributed by atoms with van der Waals surface area (Å²) < 4.78 is 12.8. The second kappa shape index (κ2) is 4.98. The number of ketones is 1. The topological polar surface area (TPSA) is 63.3 Å². The minimum atomic E-state index is -0.397. The van der Waals surface area contributed by atoms with Gasteiger partial charge in [0.2, 0.25) is 0 Å². The smallest absolute Gasteiger partial charge is 0.193 e. The van der Waals surface area contributed by atoms with Gasteiger partial charge in [0, 0.05) is 16.8 Å². The minimum Gasteiger partial charge on any atom is -0.399 e. The van der Waals surface area contributed by atoms with Gasteiger partial charge in [0.05, 0.1) is 6.61 Å². The Bertz CT molecular complexity index is 579. The molecular formula is C14H12FNO2. The van der Waals surface area contributed by atoms with Crippen molar-refractivity contribution in [1.82, 2.24) is 0 Å². The van der Waals surface area contributed by atoms with Crippen molar-refractivity contribution in [2.24, 2.45) is 0 Å². The quantitative estimate of drug-likeness (QED) is 0.643. The van der Waals surface area contributed by atoms with Crippen LogP contribution in [-0.4, -0.2) is 10.9 Å². The molecule has 0 bridgehead atoms. The number of nitrogen functional groups attached to an aromatic ring is 1. The van der Waals surface area contributed by atoms with Crippen molar-refractivity contribution in [3.63, 3.8) is 0 Å². The van der Waals surface area contributed by atoms with Crippen molar-refractivity contribution >= 4 is 11.5 Å². The van der Waals surface area contributed by atoms with Gasteiger partial charge in [0.15, 0.2) is 5.78 Å². The Morgan fingerprint density at radius 1 is 1.17 bits per heavy atom. The second-order valence-electron chi connectivity index (χ2n) is 3.91. The van der Waals surface area contributed by atoms with Crippen LogP contribution in [0.2, 0.25) is 0 Å². The van der Waals surface area contributed by atoms with E-state index in [0.29, 0.717) is 22.4 Å². The third kappa shape index (κ3) is 2.38. The highest BCUT2D eigenvalue weighted by atomic mass is 19.1. The molecule has 0 unspecified atom stereocenters. The third-order valence-electron chi connectivity index (χ3n) is 2.65. The molecule has 3 nitrogen and oxygen atoms in total. The van der Waals surface area contributed by atoms with Crippen molar-refractivity contribution in [2.75, 3.05) is 5.73 Å². The average molecular weight is 245 g/mol. The molecule has 0 fully saturated rings. The molecule has 0 aliphatic heterocycles. The predicted octanol–water partition coefficient (Wildman–Crippen LogP) is 2.13. The number of aliphatic hydroxyl groups is 1. The van der Waals surface area contributed by atoms with Crippen molar-refractivity contribution in [3.8, 4) is 0 Å². The van der Waals surface area contributed by atoms with E-state index in [1.807, 2.05) is 0 Å². The molecule has 3 N–H and O–H groups in total. The lowest BCUT2D eigenvalue weighted by molar-refractivity contribution is 0.103. The molecule has 2 aromatic rings. The van der Waals surface area contributed by atoms with Crippen LogP contribution in [0.3, 0.4) is 0 Å². The largest absolute Gasteiger partial charge is 0.399 e. The van der Waals surface area contributed by atoms with Gasteiger partial charge in [0.25, 0.3) is 0 Å². The molecule has 0 aliphatic rings. The zero-order valence-electron chi connectivity index (χ0n) is 9.56. The highest BCUT2D eigenvalue weighted by Crippen LogP contribution is 2.18. The van der Waals surface area contributed by atoms with E-state index in [0.717, 1.165) is 0 Å². The van der Waals surface area contributed by atoms with Crippen LogP contribution in [-0.2, 0) is 6.61 Å². The van der Waals surface area contributed by atoms with Gasteiger partial charge >= 0.3 is 0 Å². The first-order valence-corrected chi connectivity index (χ1v) is 5.41. The number of hydrogen-bond acceptors (Lipinski definition) is 3. The van der Waals surface area contributed by atoms with Crippen LogP contribution in [0.15, 0.2) is 42.5 Å². The maximum absolute atomic E-state index is 12.8. The van der Waals surface area contributed by atoms with Crippen LogP contribution < -0.4 is 5.73 Å². The Kier molecular flexibility index (Phi) is 3.39. The third-order valence-corrected chi connectivity index (χ3v) is 2.65. The standard InChI is InChI=1S/C14H12FNO2/c15-11-3-1-9(2-4-11)14(18)13-6-5-12(16)7-10(13)8-17/h1-7,17H,8,16H2. The summed E-state index contributed by atoms with van der Waals surface area (Å²) in [4.78, 5) is 12.2. The molecule has 0 radical (unpaired) electrons. The SMILES string of the molecule is Nc1ccc(C(=O)c2ccc(F)cc2)c(CO)c1. The summed E-state index contributed by atoms with van der Waals surface area (Å²) in [6.45, 7) is -0.271. The van der Waals surface area contributed by atoms with Crippen molar-refractivity contribution < 1.29 is 14.3 Å². The maximum atomic E-state index is 12.8. The van der Waals surface area contributed by atoms with Crippen molar-refractivity contribution in [2.45, 2.75) is 6.61 Å². The number of hydrogen-bond donors (Lipinski definition) is 2. The van der Waals surface area contributed by atoms with Crippen LogP contribution in [0.4, 0.5) is 10.1 Å². The van der Waals surface area contributed by atoms with Gasteiger partial charge < -0.3 is 10.8 Å². The first-order valence-electron chi connectivity index (χ1n) is 5.41. The molecule has 2 rings (SSSR count). The lowest BCUT2D eigenvalue weighted by Crippen LogP contribution is -2.06. The summed E-state index contributed by atoms with van der Waals surface area (Å²) in [5.41, 5.74) is 7.28. The van der Waals surface area contributed by atoms with E-state index in [9.17, 15) is 14.3 Å². The molecule has 0 heterocycles. The molecule has 0 aliphatic carbocycles. The van der Waals surface area contributed by atoms with Gasteiger partial charge in [-0.25, -0.2) is 4.39 Å². The van der Waals surface area contributed by atoms with Gasteiger partial charge in [-0.15, -0.1) is 0 Å². The number of rotatable bonds is 3. The summed E-state index contributed by atoms with van der Waals surface area (Å²) in [6, 6.07) is 9.98. The molecular weight excluding hydrogens is 233 g/mol. The summed E-state index contributed by atoms with van der Waals surface area (Å²) >= 11 is 0. The molecule has 4 heteroatoms. The normalized spacial score (nSPS) is 10.3. The predicted molar refractivity (Wildman–Crippen MR) is 66.6 cm³/mol. The van der Waals surface area contributed by atoms with Crippen LogP contribution >= 0.6 is 0 Å². The Hall–Kier alpha value is -2.20. The van der Waals surface area contributed by atoms with Crippen LogP contribution in [0.5, 0.6) is 0 Å². The molecule has 0 aromatic heterocycles. The zero-order valence-corrected chi connectivity index (χ0v) is 9.56. The molecule has 0 saturated carbocycles. The number of halogens is 1. The van der Waals surface area contributed by atoms with E-state index in [1.165, 1.54) is 24.3 Å². The van der Waals surface area contributed by atoms with Crippen LogP contribution in [0.1, 0.15) is 21.5 Å². The van der Waals surface area contributed by atoms with Gasteiger partial charge in [0.1, 0.15) is 5.82 Å². The van der Waals surface area contributed by atoms with E-state index < -0.39 is 5.82 Å². The Morgan fingerprint density at radius 3 is 2.44 bits per heavy atom. The van der Waals surface area contributed by atoms with Crippen LogP contribution in [0, 0.1) is 5.82 Å². The molecule has 2 aromatic carbocycles. The van der Waals surface area contributed by atoms with Crippen molar-refractivity contribution in [3.05, 3.63) is 65.0 Å². The van der Waals surface area contributed by atoms with E-state index in [2.05, 4.69) is 0 Å². The summed E-state index contributed by atoms with van der Waals surface area (Å²) in [6.07, 6.45) is 0. The Morgan fingerprint density at radius 2 is 1.83 bits per heavy atom. The zero-order chi connectivity index (χ0) is 13.1. The Labute approximate surface area is 104 Å². The van der Waals surface area contributed by atoms with Crippen LogP contribution in [0.25, 0.3) is 0 Å². The Balaban J connectivity index is 2.42. The molecule has 0 saturated heterocycles. The maximum Gasteiger partial charge on any atom is 0.193 e. The molecule has 18 heavy (non-hydrogen) atoms. The molecule has 0 atom stereocenters. The molecule has 92 valence electrons. The number of carbonyl (C=O) groups excluding carboxylic acids is 1. The fourth-order valence-electron chi connectivity index (χ4n) is 1.72. The average Bonchev–Trinajstić information content (AvgIpc) is 2.38. The number of aliphatic hydroxyl groups excluding tert-OH is 1. The van der Waals surface area contributed by atoms with E-state index in [4.69, 9.17) is 5.73 Å². The van der Waals surface area contributed by atoms with E-state index >= 15 is 0 Å². The fourth-order valence-corrected chi connectivity index (χ4v) is 1.72. The minimum absolute atomic E-state index is 0.265. The monoisotopic (exact) mass is 245 g/mol. The lowest BCUT2D eigenvalue weighted by Gasteiger charge is -2.07. The lowest BCUT2D eigenvalue weighted by atomic mass is 9.98. The number of carbonyl (C=O) groups is 1. The van der Waals surface area contributed by atoms with Crippen molar-refractivity contribution in [1.29, 1.82) is 0 Å². The van der Waals surface area contributed by atoms with E-state index in [1.54, 1.807) is 18.2 Å². The molecule has 0 amide bonds. The highest BCUT2D eigenvalue weighted by Gasteiger charge is 2.13. The van der Waals surface area contributed by atoms with Gasteiger partial charge in [-0.3, -0.25) is 4.79 Å². The van der Waals surface area contributed by atoms with Gasteiger partial charge in [-0.1, -0.05) is 0 Å². The number of anilines is 1. The first-order chi connectivity index (χ1) is 8.61. The van der Waals surface area contributed by atoms with Gasteiger partial charge in [-0.2, -0.15) is 0 Å². The molecule has 0 spiro atoms. The second-order valence-corrected chi connectivity index (χ2v) is 3.91. The van der Waals surface area contributed by atoms with E-state index in [-0.39, 0.29) is 12.4 Å².